The highest BCUT2D eigenvalue weighted by Crippen LogP contribution is 2.20. The standard InChI is InChI=1S/C82H157NO5/c1-3-5-7-9-11-13-15-17-19-43-47-50-54-58-62-66-70-74-80(85)79(78-84)83-81(86)75-71-67-63-59-55-51-48-44-41-39-37-35-33-31-29-27-25-23-21-20-22-24-26-28-30-32-34-36-38-40-42-45-49-53-57-61-65-69-73-77-88-82(87)76-72-68-64-60-56-52-46-18-16-14-12-10-8-6-4-2/h18,20-21,24,26,46,79-80,84-85H,3-17,19,22-23,25,27-45,47-78H2,1-2H3,(H,83,86)/b21-20-,26-24-,46-18-. The maximum atomic E-state index is 12.5. The quantitative estimate of drug-likeness (QED) is 0.0320. The maximum Gasteiger partial charge on any atom is 0.305 e. The Morgan fingerprint density at radius 1 is 0.318 bits per heavy atom. The Morgan fingerprint density at radius 3 is 0.875 bits per heavy atom. The van der Waals surface area contributed by atoms with Crippen LogP contribution in [0.3, 0.4) is 0 Å². The Morgan fingerprint density at radius 2 is 0.568 bits per heavy atom. The van der Waals surface area contributed by atoms with Crippen molar-refractivity contribution in [2.75, 3.05) is 13.2 Å². The summed E-state index contributed by atoms with van der Waals surface area (Å²) in [4.78, 5) is 24.6. The van der Waals surface area contributed by atoms with Gasteiger partial charge in [0.2, 0.25) is 5.91 Å². The summed E-state index contributed by atoms with van der Waals surface area (Å²) in [6.45, 7) is 4.99. The minimum atomic E-state index is -0.662. The zero-order valence-corrected chi connectivity index (χ0v) is 59.7. The predicted molar refractivity (Wildman–Crippen MR) is 389 cm³/mol. The lowest BCUT2D eigenvalue weighted by Gasteiger charge is -2.22. The average molecular weight is 1240 g/mol. The summed E-state index contributed by atoms with van der Waals surface area (Å²) >= 11 is 0. The molecule has 0 aliphatic carbocycles. The molecule has 2 atom stereocenters. The van der Waals surface area contributed by atoms with E-state index in [0.29, 0.717) is 25.9 Å². The van der Waals surface area contributed by atoms with E-state index in [1.54, 1.807) is 0 Å². The summed E-state index contributed by atoms with van der Waals surface area (Å²) in [6, 6.07) is -0.539. The fourth-order valence-electron chi connectivity index (χ4n) is 12.8. The van der Waals surface area contributed by atoms with Gasteiger partial charge in [-0.15, -0.1) is 0 Å². The third kappa shape index (κ3) is 73.1. The predicted octanol–water partition coefficient (Wildman–Crippen LogP) is 26.6. The van der Waals surface area contributed by atoms with E-state index in [1.165, 1.54) is 366 Å². The summed E-state index contributed by atoms with van der Waals surface area (Å²) in [5, 5.41) is 23.4. The van der Waals surface area contributed by atoms with Gasteiger partial charge < -0.3 is 20.3 Å². The summed E-state index contributed by atoms with van der Waals surface area (Å²) < 4.78 is 5.50. The molecule has 6 heteroatoms. The largest absolute Gasteiger partial charge is 0.466 e. The topological polar surface area (TPSA) is 95.9 Å². The van der Waals surface area contributed by atoms with Crippen LogP contribution in [0.4, 0.5) is 0 Å². The van der Waals surface area contributed by atoms with Crippen LogP contribution >= 0.6 is 0 Å². The van der Waals surface area contributed by atoms with Crippen molar-refractivity contribution >= 4 is 11.9 Å². The number of allylic oxidation sites excluding steroid dienone is 6. The van der Waals surface area contributed by atoms with Crippen LogP contribution in [0.5, 0.6) is 0 Å². The minimum absolute atomic E-state index is 0.0130. The number of aliphatic hydroxyl groups excluding tert-OH is 2. The van der Waals surface area contributed by atoms with Gasteiger partial charge >= 0.3 is 5.97 Å². The van der Waals surface area contributed by atoms with Crippen LogP contribution in [0, 0.1) is 0 Å². The Bertz CT molecular complexity index is 1430. The van der Waals surface area contributed by atoms with Crippen LogP contribution in [0.2, 0.25) is 0 Å². The molecule has 520 valence electrons. The van der Waals surface area contributed by atoms with E-state index in [9.17, 15) is 19.8 Å². The molecule has 0 aromatic heterocycles. The second-order valence-corrected chi connectivity index (χ2v) is 27.7. The first-order chi connectivity index (χ1) is 43.5. The van der Waals surface area contributed by atoms with Gasteiger partial charge in [-0.1, -0.05) is 391 Å². The van der Waals surface area contributed by atoms with Crippen molar-refractivity contribution in [2.45, 2.75) is 463 Å². The first kappa shape index (κ1) is 86.1. The molecule has 0 radical (unpaired) electrons. The number of nitrogens with one attached hydrogen (secondary N) is 1. The second-order valence-electron chi connectivity index (χ2n) is 27.7. The molecule has 0 saturated heterocycles. The smallest absolute Gasteiger partial charge is 0.305 e. The van der Waals surface area contributed by atoms with E-state index in [2.05, 4.69) is 55.6 Å². The van der Waals surface area contributed by atoms with Gasteiger partial charge in [-0.2, -0.15) is 0 Å². The van der Waals surface area contributed by atoms with Gasteiger partial charge in [0.1, 0.15) is 0 Å². The van der Waals surface area contributed by atoms with Gasteiger partial charge in [-0.25, -0.2) is 0 Å². The summed E-state index contributed by atoms with van der Waals surface area (Å²) in [5.74, 6) is -0.0149. The normalized spacial score (nSPS) is 12.6. The molecule has 0 aliphatic rings. The van der Waals surface area contributed by atoms with Crippen molar-refractivity contribution in [2.24, 2.45) is 0 Å². The lowest BCUT2D eigenvalue weighted by Crippen LogP contribution is -2.45. The number of amides is 1. The first-order valence-corrected chi connectivity index (χ1v) is 40.2. The van der Waals surface area contributed by atoms with Crippen molar-refractivity contribution in [3.63, 3.8) is 0 Å². The molecule has 6 nitrogen and oxygen atoms in total. The number of esters is 1. The highest BCUT2D eigenvalue weighted by molar-refractivity contribution is 5.76. The van der Waals surface area contributed by atoms with E-state index in [1.807, 2.05) is 0 Å². The average Bonchev–Trinajstić information content (AvgIpc) is 3.58. The zero-order valence-electron chi connectivity index (χ0n) is 59.7. The van der Waals surface area contributed by atoms with Gasteiger partial charge in [0.15, 0.2) is 0 Å². The summed E-state index contributed by atoms with van der Waals surface area (Å²) in [7, 11) is 0. The van der Waals surface area contributed by atoms with Crippen LogP contribution in [0.25, 0.3) is 0 Å². The first-order valence-electron chi connectivity index (χ1n) is 40.2. The molecule has 2 unspecified atom stereocenters. The van der Waals surface area contributed by atoms with Crippen molar-refractivity contribution in [3.05, 3.63) is 36.5 Å². The Balaban J connectivity index is 3.35. The molecule has 0 heterocycles. The van der Waals surface area contributed by atoms with Gasteiger partial charge in [0.25, 0.3) is 0 Å². The molecule has 0 rings (SSSR count). The molecular formula is C82H157NO5. The number of hydrogen-bond donors (Lipinski definition) is 3. The van der Waals surface area contributed by atoms with Gasteiger partial charge in [0.05, 0.1) is 25.4 Å². The zero-order chi connectivity index (χ0) is 63.5. The van der Waals surface area contributed by atoms with Gasteiger partial charge in [0, 0.05) is 12.8 Å². The van der Waals surface area contributed by atoms with Crippen LogP contribution in [0.15, 0.2) is 36.5 Å². The maximum absolute atomic E-state index is 12.5. The lowest BCUT2D eigenvalue weighted by molar-refractivity contribution is -0.143. The van der Waals surface area contributed by atoms with Crippen LogP contribution in [-0.4, -0.2) is 47.4 Å². The molecule has 0 aromatic carbocycles. The molecule has 88 heavy (non-hydrogen) atoms. The van der Waals surface area contributed by atoms with Crippen molar-refractivity contribution < 1.29 is 24.5 Å². The molecule has 0 bridgehead atoms. The van der Waals surface area contributed by atoms with E-state index < -0.39 is 12.1 Å². The van der Waals surface area contributed by atoms with Gasteiger partial charge in [-0.05, 0) is 83.5 Å². The minimum Gasteiger partial charge on any atom is -0.466 e. The molecule has 0 spiro atoms. The SMILES string of the molecule is CCCCCCCC/C=C\CCCCCCCC(=O)OCCCCCCCCCCCCCCCCC/C=C\C/C=C\CCCCCCCCCCCCCCCCCCCC(=O)NC(CO)C(O)CCCCCCCCCCCCCCCCCCC. The number of rotatable bonds is 76. The monoisotopic (exact) mass is 1240 g/mol. The lowest BCUT2D eigenvalue weighted by atomic mass is 10.0. The third-order valence-corrected chi connectivity index (χ3v) is 18.9. The number of unbranched alkanes of at least 4 members (excludes halogenated alkanes) is 59. The number of aliphatic hydroxyl groups is 2. The Labute approximate surface area is 551 Å². The highest BCUT2D eigenvalue weighted by atomic mass is 16.5. The van der Waals surface area contributed by atoms with E-state index >= 15 is 0 Å². The van der Waals surface area contributed by atoms with Crippen LogP contribution in [0.1, 0.15) is 450 Å². The fraction of sp³-hybridized carbons (Fsp3) is 0.902. The number of hydrogen-bond acceptors (Lipinski definition) is 5. The second kappa shape index (κ2) is 77.5. The molecule has 0 aliphatic heterocycles. The molecule has 0 saturated carbocycles. The summed E-state index contributed by atoms with van der Waals surface area (Å²) in [5.41, 5.74) is 0. The van der Waals surface area contributed by atoms with Gasteiger partial charge in [-0.3, -0.25) is 9.59 Å². The number of carbonyl (C=O) groups is 2. The highest BCUT2D eigenvalue weighted by Gasteiger charge is 2.20. The Hall–Kier alpha value is -1.92. The number of carbonyl (C=O) groups excluding carboxylic acids is 2. The van der Waals surface area contributed by atoms with E-state index in [4.69, 9.17) is 4.74 Å². The van der Waals surface area contributed by atoms with Crippen LogP contribution in [-0.2, 0) is 14.3 Å². The number of ether oxygens (including phenoxy) is 1. The summed E-state index contributed by atoms with van der Waals surface area (Å²) in [6.07, 6.45) is 101. The van der Waals surface area contributed by atoms with Crippen LogP contribution < -0.4 is 5.32 Å². The van der Waals surface area contributed by atoms with Crippen molar-refractivity contribution in [1.29, 1.82) is 0 Å². The molecule has 3 N–H and O–H groups in total. The fourth-order valence-corrected chi connectivity index (χ4v) is 12.8. The molecule has 0 aromatic rings. The van der Waals surface area contributed by atoms with Crippen molar-refractivity contribution in [1.82, 2.24) is 5.32 Å². The van der Waals surface area contributed by atoms with Crippen molar-refractivity contribution in [3.8, 4) is 0 Å². The third-order valence-electron chi connectivity index (χ3n) is 18.9. The van der Waals surface area contributed by atoms with E-state index in [0.717, 1.165) is 51.4 Å². The van der Waals surface area contributed by atoms with E-state index in [-0.39, 0.29) is 18.5 Å². The Kier molecular flexibility index (Phi) is 75.8. The molecule has 0 fully saturated rings. The molecule has 1 amide bonds. The molecular weight excluding hydrogens is 1080 g/mol.